The molecule has 0 radical (unpaired) electrons. The Kier molecular flexibility index (Phi) is 3.42. The fraction of sp³-hybridized carbons (Fsp3) is 0.111. The molecule has 6 nitrogen and oxygen atoms in total. The molecule has 0 aliphatic carbocycles. The van der Waals surface area contributed by atoms with E-state index in [0.29, 0.717) is 28.5 Å². The van der Waals surface area contributed by atoms with Crippen LogP contribution in [0.25, 0.3) is 22.4 Å². The van der Waals surface area contributed by atoms with Gasteiger partial charge in [0, 0.05) is 5.56 Å². The first-order valence-electron chi connectivity index (χ1n) is 7.56. The van der Waals surface area contributed by atoms with E-state index in [2.05, 4.69) is 15.2 Å². The molecule has 0 fully saturated rings. The van der Waals surface area contributed by atoms with Crippen LogP contribution in [0.5, 0.6) is 0 Å². The zero-order valence-corrected chi connectivity index (χ0v) is 13.0. The quantitative estimate of drug-likeness (QED) is 0.581. The summed E-state index contributed by atoms with van der Waals surface area (Å²) in [6.07, 6.45) is 0. The summed E-state index contributed by atoms with van der Waals surface area (Å²) in [7, 11) is 0. The predicted molar refractivity (Wildman–Crippen MR) is 89.6 cm³/mol. The van der Waals surface area contributed by atoms with Crippen molar-refractivity contribution in [3.8, 4) is 11.5 Å². The fourth-order valence-electron chi connectivity index (χ4n) is 2.62. The maximum Gasteiger partial charge on any atom is 0.261 e. The van der Waals surface area contributed by atoms with Crippen LogP contribution >= 0.6 is 0 Å². The first-order valence-corrected chi connectivity index (χ1v) is 7.56. The van der Waals surface area contributed by atoms with Crippen LogP contribution in [0.15, 0.2) is 63.8 Å². The SMILES string of the molecule is Cc1nc2ccccc2c(=O)n1Cc1nnc(-c2ccccc2)o1. The van der Waals surface area contributed by atoms with Gasteiger partial charge in [-0.3, -0.25) is 9.36 Å². The molecule has 4 aromatic rings. The third-order valence-corrected chi connectivity index (χ3v) is 3.83. The van der Waals surface area contributed by atoms with Gasteiger partial charge in [-0.25, -0.2) is 4.98 Å². The normalized spacial score (nSPS) is 11.0. The van der Waals surface area contributed by atoms with Crippen molar-refractivity contribution in [3.05, 3.63) is 76.7 Å². The number of benzene rings is 2. The van der Waals surface area contributed by atoms with E-state index in [4.69, 9.17) is 4.42 Å². The minimum atomic E-state index is -0.113. The molecule has 0 saturated heterocycles. The molecule has 0 aliphatic heterocycles. The number of para-hydroxylation sites is 1. The molecule has 0 saturated carbocycles. The number of aryl methyl sites for hydroxylation is 1. The summed E-state index contributed by atoms with van der Waals surface area (Å²) in [5, 5.41) is 8.67. The van der Waals surface area contributed by atoms with Gasteiger partial charge >= 0.3 is 0 Å². The maximum atomic E-state index is 12.7. The summed E-state index contributed by atoms with van der Waals surface area (Å²) in [4.78, 5) is 17.1. The Morgan fingerprint density at radius 1 is 1.00 bits per heavy atom. The lowest BCUT2D eigenvalue weighted by atomic mass is 10.2. The first kappa shape index (κ1) is 14.3. The van der Waals surface area contributed by atoms with E-state index in [-0.39, 0.29) is 12.1 Å². The summed E-state index contributed by atoms with van der Waals surface area (Å²) in [6.45, 7) is 1.99. The molecule has 4 rings (SSSR count). The van der Waals surface area contributed by atoms with Crippen LogP contribution in [-0.2, 0) is 6.54 Å². The maximum absolute atomic E-state index is 12.7. The van der Waals surface area contributed by atoms with Crippen LogP contribution in [0, 0.1) is 6.92 Å². The lowest BCUT2D eigenvalue weighted by Crippen LogP contribution is -2.24. The van der Waals surface area contributed by atoms with Gasteiger partial charge in [0.05, 0.1) is 10.9 Å². The number of aromatic nitrogens is 4. The van der Waals surface area contributed by atoms with Gasteiger partial charge in [-0.15, -0.1) is 10.2 Å². The lowest BCUT2D eigenvalue weighted by Gasteiger charge is -2.08. The van der Waals surface area contributed by atoms with Gasteiger partial charge in [0.2, 0.25) is 11.8 Å². The van der Waals surface area contributed by atoms with Crippen molar-refractivity contribution in [1.29, 1.82) is 0 Å². The van der Waals surface area contributed by atoms with Gasteiger partial charge in [-0.1, -0.05) is 30.3 Å². The largest absolute Gasteiger partial charge is 0.419 e. The van der Waals surface area contributed by atoms with Crippen molar-refractivity contribution < 1.29 is 4.42 Å². The molecule has 0 bridgehead atoms. The highest BCUT2D eigenvalue weighted by atomic mass is 16.4. The summed E-state index contributed by atoms with van der Waals surface area (Å²) in [5.41, 5.74) is 1.42. The van der Waals surface area contributed by atoms with E-state index in [9.17, 15) is 4.79 Å². The molecule has 2 heterocycles. The van der Waals surface area contributed by atoms with Crippen LogP contribution in [0.1, 0.15) is 11.7 Å². The summed E-state index contributed by atoms with van der Waals surface area (Å²) >= 11 is 0. The topological polar surface area (TPSA) is 73.8 Å². The number of rotatable bonds is 3. The molecule has 0 unspecified atom stereocenters. The monoisotopic (exact) mass is 318 g/mol. The number of fused-ring (bicyclic) bond motifs is 1. The third-order valence-electron chi connectivity index (χ3n) is 3.83. The van der Waals surface area contributed by atoms with Crippen molar-refractivity contribution in [3.63, 3.8) is 0 Å². The molecular weight excluding hydrogens is 304 g/mol. The Morgan fingerprint density at radius 3 is 2.58 bits per heavy atom. The van der Waals surface area contributed by atoms with Crippen LogP contribution in [0.2, 0.25) is 0 Å². The first-order chi connectivity index (χ1) is 11.7. The van der Waals surface area contributed by atoms with Gasteiger partial charge < -0.3 is 4.42 Å². The van der Waals surface area contributed by atoms with E-state index >= 15 is 0 Å². The molecule has 6 heteroatoms. The molecule has 0 aliphatic rings. The minimum Gasteiger partial charge on any atom is -0.419 e. The molecule has 118 valence electrons. The Morgan fingerprint density at radius 2 is 1.75 bits per heavy atom. The Balaban J connectivity index is 1.73. The third kappa shape index (κ3) is 2.48. The van der Waals surface area contributed by atoms with Crippen LogP contribution < -0.4 is 5.56 Å². The van der Waals surface area contributed by atoms with Crippen LogP contribution in [0.4, 0.5) is 0 Å². The molecule has 0 amide bonds. The second-order valence-electron chi connectivity index (χ2n) is 5.43. The predicted octanol–water partition coefficient (Wildman–Crippen LogP) is 2.80. The highest BCUT2D eigenvalue weighted by molar-refractivity contribution is 5.77. The standard InChI is InChI=1S/C18H14N4O2/c1-12-19-15-10-6-5-9-14(15)18(23)22(12)11-16-20-21-17(24-16)13-7-3-2-4-8-13/h2-10H,11H2,1H3. The molecule has 2 aromatic heterocycles. The molecule has 2 aromatic carbocycles. The average Bonchev–Trinajstić information content (AvgIpc) is 3.08. The van der Waals surface area contributed by atoms with Crippen LogP contribution in [0.3, 0.4) is 0 Å². The Hall–Kier alpha value is -3.28. The fourth-order valence-corrected chi connectivity index (χ4v) is 2.62. The molecule has 0 N–H and O–H groups in total. The van der Waals surface area contributed by atoms with Crippen molar-refractivity contribution in [2.24, 2.45) is 0 Å². The van der Waals surface area contributed by atoms with Crippen molar-refractivity contribution in [1.82, 2.24) is 19.7 Å². The number of hydrogen-bond donors (Lipinski definition) is 0. The summed E-state index contributed by atoms with van der Waals surface area (Å²) in [6, 6.07) is 16.8. The Bertz CT molecular complexity index is 1070. The van der Waals surface area contributed by atoms with Crippen molar-refractivity contribution >= 4 is 10.9 Å². The van der Waals surface area contributed by atoms with E-state index in [1.807, 2.05) is 48.5 Å². The highest BCUT2D eigenvalue weighted by Gasteiger charge is 2.13. The number of hydrogen-bond acceptors (Lipinski definition) is 5. The van der Waals surface area contributed by atoms with Crippen LogP contribution in [-0.4, -0.2) is 19.7 Å². The zero-order chi connectivity index (χ0) is 16.5. The summed E-state index contributed by atoms with van der Waals surface area (Å²) in [5.74, 6) is 1.42. The van der Waals surface area contributed by atoms with Gasteiger partial charge in [-0.05, 0) is 31.2 Å². The molecular formula is C18H14N4O2. The Labute approximate surface area is 137 Å². The van der Waals surface area contributed by atoms with E-state index in [0.717, 1.165) is 5.56 Å². The second-order valence-corrected chi connectivity index (χ2v) is 5.43. The van der Waals surface area contributed by atoms with Gasteiger partial charge in [-0.2, -0.15) is 0 Å². The number of nitrogens with zero attached hydrogens (tertiary/aromatic N) is 4. The molecule has 0 spiro atoms. The lowest BCUT2D eigenvalue weighted by molar-refractivity contribution is 0.480. The highest BCUT2D eigenvalue weighted by Crippen LogP contribution is 2.17. The van der Waals surface area contributed by atoms with Gasteiger partial charge in [0.15, 0.2) is 0 Å². The average molecular weight is 318 g/mol. The second kappa shape index (κ2) is 5.73. The zero-order valence-electron chi connectivity index (χ0n) is 13.0. The van der Waals surface area contributed by atoms with Crippen molar-refractivity contribution in [2.45, 2.75) is 13.5 Å². The smallest absolute Gasteiger partial charge is 0.261 e. The van der Waals surface area contributed by atoms with E-state index in [1.54, 1.807) is 17.6 Å². The molecule has 24 heavy (non-hydrogen) atoms. The van der Waals surface area contributed by atoms with E-state index in [1.165, 1.54) is 0 Å². The van der Waals surface area contributed by atoms with Crippen molar-refractivity contribution in [2.75, 3.05) is 0 Å². The van der Waals surface area contributed by atoms with Gasteiger partial charge in [0.25, 0.3) is 5.56 Å². The minimum absolute atomic E-state index is 0.113. The molecule has 0 atom stereocenters. The van der Waals surface area contributed by atoms with Gasteiger partial charge in [0.1, 0.15) is 12.4 Å². The van der Waals surface area contributed by atoms with E-state index < -0.39 is 0 Å². The summed E-state index contributed by atoms with van der Waals surface area (Å²) < 4.78 is 7.23.